The molecular weight excluding hydrogens is 292 g/mol. The maximum absolute atomic E-state index is 4.45. The van der Waals surface area contributed by atoms with Crippen LogP contribution in [0.3, 0.4) is 0 Å². The summed E-state index contributed by atoms with van der Waals surface area (Å²) in [5.74, 6) is 0.195. The smallest absolute Gasteiger partial charge is 0.0635 e. The summed E-state index contributed by atoms with van der Waals surface area (Å²) in [4.78, 5) is 0. The van der Waals surface area contributed by atoms with Crippen LogP contribution in [0.5, 0.6) is 0 Å². The first-order chi connectivity index (χ1) is 11.4. The minimum Gasteiger partial charge on any atom is -0.282 e. The second-order valence-electron chi connectivity index (χ2n) is 7.53. The predicted molar refractivity (Wildman–Crippen MR) is 101 cm³/mol. The van der Waals surface area contributed by atoms with Crippen molar-refractivity contribution in [2.24, 2.45) is 0 Å². The fourth-order valence-electron chi connectivity index (χ4n) is 3.56. The lowest BCUT2D eigenvalue weighted by molar-refractivity contribution is 0.580. The van der Waals surface area contributed by atoms with Crippen LogP contribution in [0.15, 0.2) is 54.6 Å². The summed E-state index contributed by atoms with van der Waals surface area (Å²) in [6, 6.07) is 19.6. The molecule has 0 saturated carbocycles. The van der Waals surface area contributed by atoms with Gasteiger partial charge in [-0.1, -0.05) is 75.4 Å². The van der Waals surface area contributed by atoms with Crippen LogP contribution in [0.2, 0.25) is 0 Å². The van der Waals surface area contributed by atoms with Gasteiger partial charge in [-0.3, -0.25) is 5.10 Å². The van der Waals surface area contributed by atoms with Crippen molar-refractivity contribution in [3.8, 4) is 0 Å². The molecule has 1 heterocycles. The number of benzene rings is 2. The highest BCUT2D eigenvalue weighted by Gasteiger charge is 2.27. The molecule has 3 aromatic rings. The van der Waals surface area contributed by atoms with Crippen LogP contribution in [0.4, 0.5) is 0 Å². The van der Waals surface area contributed by atoms with Crippen LogP contribution >= 0.6 is 0 Å². The molecule has 0 bridgehead atoms. The van der Waals surface area contributed by atoms with Crippen molar-refractivity contribution < 1.29 is 0 Å². The van der Waals surface area contributed by atoms with Crippen molar-refractivity contribution in [2.75, 3.05) is 0 Å². The summed E-state index contributed by atoms with van der Waals surface area (Å²) in [5.41, 5.74) is 7.66. The molecule has 0 saturated heterocycles. The number of H-pyrrole nitrogens is 1. The Morgan fingerprint density at radius 1 is 0.875 bits per heavy atom. The molecule has 0 aliphatic heterocycles. The lowest BCUT2D eigenvalue weighted by Gasteiger charge is -2.28. The van der Waals surface area contributed by atoms with E-state index in [0.717, 1.165) is 11.4 Å². The van der Waals surface area contributed by atoms with Gasteiger partial charge in [0.05, 0.1) is 5.69 Å². The van der Waals surface area contributed by atoms with E-state index in [1.165, 1.54) is 22.3 Å². The second-order valence-corrected chi connectivity index (χ2v) is 7.53. The SMILES string of the molecule is Cc1n[nH]c(C)c1C(c1ccccc1)c1ccccc1C(C)(C)C. The van der Waals surface area contributed by atoms with E-state index in [9.17, 15) is 0 Å². The number of aromatic nitrogens is 2. The van der Waals surface area contributed by atoms with E-state index in [4.69, 9.17) is 0 Å². The zero-order valence-electron chi connectivity index (χ0n) is 15.2. The first-order valence-corrected chi connectivity index (χ1v) is 8.55. The van der Waals surface area contributed by atoms with Gasteiger partial charge in [-0.05, 0) is 36.0 Å². The molecule has 0 amide bonds. The lowest BCUT2D eigenvalue weighted by Crippen LogP contribution is -2.17. The third-order valence-electron chi connectivity index (χ3n) is 4.69. The predicted octanol–water partition coefficient (Wildman–Crippen LogP) is 5.50. The zero-order valence-corrected chi connectivity index (χ0v) is 15.2. The Bertz CT molecular complexity index is 803. The van der Waals surface area contributed by atoms with Crippen LogP contribution in [-0.4, -0.2) is 10.2 Å². The Morgan fingerprint density at radius 2 is 1.50 bits per heavy atom. The molecule has 0 radical (unpaired) electrons. The number of nitrogens with zero attached hydrogens (tertiary/aromatic N) is 1. The molecule has 0 spiro atoms. The van der Waals surface area contributed by atoms with Gasteiger partial charge >= 0.3 is 0 Å². The third kappa shape index (κ3) is 3.01. The summed E-state index contributed by atoms with van der Waals surface area (Å²) >= 11 is 0. The largest absolute Gasteiger partial charge is 0.282 e. The fourth-order valence-corrected chi connectivity index (χ4v) is 3.56. The topological polar surface area (TPSA) is 28.7 Å². The van der Waals surface area contributed by atoms with Gasteiger partial charge in [0, 0.05) is 17.2 Å². The van der Waals surface area contributed by atoms with Gasteiger partial charge in [-0.15, -0.1) is 0 Å². The lowest BCUT2D eigenvalue weighted by atomic mass is 9.75. The van der Waals surface area contributed by atoms with E-state index in [0.29, 0.717) is 0 Å². The Kier molecular flexibility index (Phi) is 4.31. The number of nitrogens with one attached hydrogen (secondary N) is 1. The van der Waals surface area contributed by atoms with Crippen LogP contribution in [0.25, 0.3) is 0 Å². The first-order valence-electron chi connectivity index (χ1n) is 8.55. The summed E-state index contributed by atoms with van der Waals surface area (Å²) in [7, 11) is 0. The monoisotopic (exact) mass is 318 g/mol. The van der Waals surface area contributed by atoms with E-state index in [1.807, 2.05) is 0 Å². The Hall–Kier alpha value is -2.35. The number of hydrogen-bond acceptors (Lipinski definition) is 1. The summed E-state index contributed by atoms with van der Waals surface area (Å²) in [5, 5.41) is 7.62. The van der Waals surface area contributed by atoms with Gasteiger partial charge in [-0.25, -0.2) is 0 Å². The molecule has 1 atom stereocenters. The van der Waals surface area contributed by atoms with Crippen molar-refractivity contribution in [3.63, 3.8) is 0 Å². The minimum absolute atomic E-state index is 0.0924. The van der Waals surface area contributed by atoms with Crippen molar-refractivity contribution in [3.05, 3.63) is 88.2 Å². The molecule has 1 aromatic heterocycles. The van der Waals surface area contributed by atoms with Crippen molar-refractivity contribution in [1.82, 2.24) is 10.2 Å². The number of aryl methyl sites for hydroxylation is 2. The zero-order chi connectivity index (χ0) is 17.3. The molecule has 3 rings (SSSR count). The molecule has 1 unspecified atom stereocenters. The Balaban J connectivity index is 2.29. The summed E-state index contributed by atoms with van der Waals surface area (Å²) < 4.78 is 0. The average Bonchev–Trinajstić information content (AvgIpc) is 2.88. The molecule has 1 N–H and O–H groups in total. The molecule has 2 aromatic carbocycles. The Labute approximate surface area is 144 Å². The minimum atomic E-state index is 0.0924. The molecule has 2 heteroatoms. The van der Waals surface area contributed by atoms with E-state index in [1.54, 1.807) is 0 Å². The van der Waals surface area contributed by atoms with Crippen molar-refractivity contribution in [2.45, 2.75) is 46.0 Å². The highest BCUT2D eigenvalue weighted by molar-refractivity contribution is 5.50. The van der Waals surface area contributed by atoms with Crippen molar-refractivity contribution >= 4 is 0 Å². The Morgan fingerprint density at radius 3 is 2.08 bits per heavy atom. The number of hydrogen-bond donors (Lipinski definition) is 1. The van der Waals surface area contributed by atoms with Crippen LogP contribution in [0, 0.1) is 13.8 Å². The van der Waals surface area contributed by atoms with Gasteiger partial charge < -0.3 is 0 Å². The number of aromatic amines is 1. The molecular formula is C22H26N2. The van der Waals surface area contributed by atoms with Gasteiger partial charge in [-0.2, -0.15) is 5.10 Å². The van der Waals surface area contributed by atoms with Crippen LogP contribution in [-0.2, 0) is 5.41 Å². The maximum atomic E-state index is 4.45. The first kappa shape index (κ1) is 16.5. The normalized spacial score (nSPS) is 13.0. The van der Waals surface area contributed by atoms with Gasteiger partial charge in [0.15, 0.2) is 0 Å². The summed E-state index contributed by atoms with van der Waals surface area (Å²) in [6.45, 7) is 11.0. The molecule has 0 aliphatic carbocycles. The van der Waals surface area contributed by atoms with E-state index < -0.39 is 0 Å². The van der Waals surface area contributed by atoms with E-state index >= 15 is 0 Å². The van der Waals surface area contributed by atoms with E-state index in [-0.39, 0.29) is 11.3 Å². The standard InChI is InChI=1S/C22H26N2/c1-15-20(16(2)24-23-15)21(17-11-7-6-8-12-17)18-13-9-10-14-19(18)22(3,4)5/h6-14,21H,1-5H3,(H,23,24). The molecule has 2 nitrogen and oxygen atoms in total. The molecule has 124 valence electrons. The van der Waals surface area contributed by atoms with E-state index in [2.05, 4.69) is 99.4 Å². The average molecular weight is 318 g/mol. The van der Waals surface area contributed by atoms with Gasteiger partial charge in [0.2, 0.25) is 0 Å². The highest BCUT2D eigenvalue weighted by Crippen LogP contribution is 2.39. The second kappa shape index (κ2) is 6.27. The molecule has 0 fully saturated rings. The molecule has 24 heavy (non-hydrogen) atoms. The van der Waals surface area contributed by atoms with Crippen molar-refractivity contribution in [1.29, 1.82) is 0 Å². The fraction of sp³-hybridized carbons (Fsp3) is 0.318. The van der Waals surface area contributed by atoms with Gasteiger partial charge in [0.25, 0.3) is 0 Å². The highest BCUT2D eigenvalue weighted by atomic mass is 15.1. The maximum Gasteiger partial charge on any atom is 0.0635 e. The van der Waals surface area contributed by atoms with Crippen LogP contribution in [0.1, 0.15) is 60.3 Å². The quantitative estimate of drug-likeness (QED) is 0.678. The molecule has 0 aliphatic rings. The van der Waals surface area contributed by atoms with Gasteiger partial charge in [0.1, 0.15) is 0 Å². The third-order valence-corrected chi connectivity index (χ3v) is 4.69. The van der Waals surface area contributed by atoms with Crippen LogP contribution < -0.4 is 0 Å². The number of rotatable bonds is 3. The summed E-state index contributed by atoms with van der Waals surface area (Å²) in [6.07, 6.45) is 0.